The summed E-state index contributed by atoms with van der Waals surface area (Å²) in [5.41, 5.74) is 7.32. The predicted octanol–water partition coefficient (Wildman–Crippen LogP) is 4.54. The number of fused-ring (bicyclic) bond motifs is 1. The number of hydrogen-bond donors (Lipinski definition) is 2. The Morgan fingerprint density at radius 3 is 2.45 bits per heavy atom. The maximum Gasteiger partial charge on any atom is 0.259 e. The van der Waals surface area contributed by atoms with Crippen LogP contribution in [-0.4, -0.2) is 21.8 Å². The van der Waals surface area contributed by atoms with Gasteiger partial charge in [-0.25, -0.2) is 4.39 Å². The third-order valence-corrected chi connectivity index (χ3v) is 5.81. The number of nitrogens with two attached hydrogens (primary N) is 1. The van der Waals surface area contributed by atoms with E-state index in [1.165, 1.54) is 23.1 Å². The van der Waals surface area contributed by atoms with Gasteiger partial charge in [-0.05, 0) is 53.8 Å². The van der Waals surface area contributed by atoms with Crippen molar-refractivity contribution in [1.82, 2.24) is 4.90 Å². The second-order valence-corrected chi connectivity index (χ2v) is 7.89. The molecule has 0 aliphatic heterocycles. The van der Waals surface area contributed by atoms with Crippen LogP contribution in [0.1, 0.15) is 45.6 Å². The highest BCUT2D eigenvalue weighted by molar-refractivity contribution is 6.30. The first-order valence-corrected chi connectivity index (χ1v) is 10.2. The summed E-state index contributed by atoms with van der Waals surface area (Å²) in [5.74, 6) is -1.98. The maximum absolute atomic E-state index is 14.5. The van der Waals surface area contributed by atoms with Crippen molar-refractivity contribution in [3.8, 4) is 5.75 Å². The quantitative estimate of drug-likeness (QED) is 0.613. The van der Waals surface area contributed by atoms with Crippen LogP contribution in [0, 0.1) is 5.82 Å². The Morgan fingerprint density at radius 1 is 1.10 bits per heavy atom. The van der Waals surface area contributed by atoms with Gasteiger partial charge in [0.1, 0.15) is 17.6 Å². The van der Waals surface area contributed by atoms with Crippen LogP contribution in [-0.2, 0) is 11.2 Å². The molecule has 2 atom stereocenters. The van der Waals surface area contributed by atoms with Crippen molar-refractivity contribution in [3.63, 3.8) is 0 Å². The Bertz CT molecular complexity index is 1150. The molecule has 3 aromatic rings. The van der Waals surface area contributed by atoms with Crippen LogP contribution in [0.2, 0.25) is 5.02 Å². The molecule has 7 heteroatoms. The van der Waals surface area contributed by atoms with Gasteiger partial charge in [-0.15, -0.1) is 0 Å². The van der Waals surface area contributed by atoms with Crippen LogP contribution in [0.4, 0.5) is 4.39 Å². The van der Waals surface area contributed by atoms with Gasteiger partial charge in [-0.3, -0.25) is 9.59 Å². The first-order chi connectivity index (χ1) is 14.9. The topological polar surface area (TPSA) is 83.6 Å². The molecule has 3 N–H and O–H groups in total. The van der Waals surface area contributed by atoms with Gasteiger partial charge >= 0.3 is 0 Å². The van der Waals surface area contributed by atoms with Gasteiger partial charge in [-0.2, -0.15) is 0 Å². The number of carbonyl (C=O) groups is 2. The van der Waals surface area contributed by atoms with Crippen molar-refractivity contribution in [2.24, 2.45) is 5.73 Å². The van der Waals surface area contributed by atoms with Crippen molar-refractivity contribution in [3.05, 3.63) is 99.8 Å². The summed E-state index contributed by atoms with van der Waals surface area (Å²) in [6.45, 7) is 0. The number of para-hydroxylation sites is 1. The monoisotopic (exact) mass is 438 g/mol. The maximum atomic E-state index is 14.5. The highest BCUT2D eigenvalue weighted by atomic mass is 35.5. The van der Waals surface area contributed by atoms with E-state index >= 15 is 0 Å². The minimum Gasteiger partial charge on any atom is -0.507 e. The van der Waals surface area contributed by atoms with Crippen LogP contribution < -0.4 is 5.73 Å². The molecule has 3 aromatic carbocycles. The van der Waals surface area contributed by atoms with Crippen molar-refractivity contribution >= 4 is 23.4 Å². The largest absolute Gasteiger partial charge is 0.507 e. The molecule has 0 saturated carbocycles. The SMILES string of the molecule is NC(=O)[C@@H](c1ccccc1)N(C(=O)c1ccccc1O)[C@@H]1CCc2c(F)cc(Cl)cc21. The number of amides is 2. The van der Waals surface area contributed by atoms with Gasteiger partial charge in [0.15, 0.2) is 0 Å². The summed E-state index contributed by atoms with van der Waals surface area (Å²) in [7, 11) is 0. The Morgan fingerprint density at radius 2 is 1.77 bits per heavy atom. The van der Waals surface area contributed by atoms with Crippen molar-refractivity contribution in [2.75, 3.05) is 0 Å². The lowest BCUT2D eigenvalue weighted by Crippen LogP contribution is -2.43. The van der Waals surface area contributed by atoms with Crippen LogP contribution in [0.15, 0.2) is 66.7 Å². The van der Waals surface area contributed by atoms with Crippen molar-refractivity contribution < 1.29 is 19.1 Å². The zero-order valence-electron chi connectivity index (χ0n) is 16.5. The van der Waals surface area contributed by atoms with Gasteiger partial charge in [-0.1, -0.05) is 54.1 Å². The lowest BCUT2D eigenvalue weighted by molar-refractivity contribution is -0.123. The summed E-state index contributed by atoms with van der Waals surface area (Å²) in [6, 6.07) is 15.9. The van der Waals surface area contributed by atoms with Crippen LogP contribution >= 0.6 is 11.6 Å². The predicted molar refractivity (Wildman–Crippen MR) is 115 cm³/mol. The average Bonchev–Trinajstić information content (AvgIpc) is 3.16. The van der Waals surface area contributed by atoms with Crippen LogP contribution in [0.3, 0.4) is 0 Å². The molecular formula is C24H20ClFN2O3. The Kier molecular flexibility index (Phi) is 5.65. The highest BCUT2D eigenvalue weighted by Gasteiger charge is 2.40. The molecule has 0 unspecified atom stereocenters. The second kappa shape index (κ2) is 8.40. The third kappa shape index (κ3) is 3.86. The zero-order valence-corrected chi connectivity index (χ0v) is 17.2. The number of carbonyl (C=O) groups excluding carboxylic acids is 2. The fourth-order valence-electron chi connectivity index (χ4n) is 4.24. The minimum atomic E-state index is -1.12. The number of primary amides is 1. The molecule has 0 spiro atoms. The van der Waals surface area contributed by atoms with E-state index in [0.29, 0.717) is 29.5 Å². The Labute approximate surface area is 183 Å². The molecular weight excluding hydrogens is 419 g/mol. The number of phenols is 1. The zero-order chi connectivity index (χ0) is 22.1. The lowest BCUT2D eigenvalue weighted by atomic mass is 9.97. The van der Waals surface area contributed by atoms with Gasteiger partial charge in [0.2, 0.25) is 5.91 Å². The summed E-state index contributed by atoms with van der Waals surface area (Å²) >= 11 is 6.10. The van der Waals surface area contributed by atoms with Gasteiger partial charge in [0.25, 0.3) is 5.91 Å². The van der Waals surface area contributed by atoms with E-state index in [4.69, 9.17) is 17.3 Å². The number of aromatic hydroxyl groups is 1. The van der Waals surface area contributed by atoms with Crippen LogP contribution in [0.25, 0.3) is 0 Å². The third-order valence-electron chi connectivity index (χ3n) is 5.59. The standard InChI is InChI=1S/C24H20ClFN2O3/c25-15-12-18-16(19(26)13-15)10-11-20(18)28(24(31)17-8-4-5-9-21(17)29)22(23(27)30)14-6-2-1-3-7-14/h1-9,12-13,20,22,29H,10-11H2,(H2,27,30)/t20-,22-/m1/s1. The van der Waals surface area contributed by atoms with Gasteiger partial charge in [0.05, 0.1) is 11.6 Å². The Hall–Kier alpha value is -3.38. The van der Waals surface area contributed by atoms with Gasteiger partial charge < -0.3 is 15.7 Å². The summed E-state index contributed by atoms with van der Waals surface area (Å²) < 4.78 is 14.5. The fourth-order valence-corrected chi connectivity index (χ4v) is 4.45. The molecule has 4 rings (SSSR count). The fraction of sp³-hybridized carbons (Fsp3) is 0.167. The van der Waals surface area contributed by atoms with E-state index in [9.17, 15) is 19.1 Å². The molecule has 0 aromatic heterocycles. The molecule has 1 aliphatic carbocycles. The van der Waals surface area contributed by atoms with Gasteiger partial charge in [0, 0.05) is 5.02 Å². The number of hydrogen-bond acceptors (Lipinski definition) is 3. The van der Waals surface area contributed by atoms with E-state index in [1.807, 2.05) is 0 Å². The number of halogens is 2. The second-order valence-electron chi connectivity index (χ2n) is 7.46. The molecule has 0 heterocycles. The molecule has 1 aliphatic rings. The summed E-state index contributed by atoms with van der Waals surface area (Å²) in [4.78, 5) is 27.7. The lowest BCUT2D eigenvalue weighted by Gasteiger charge is -2.36. The van der Waals surface area contributed by atoms with E-state index in [2.05, 4.69) is 0 Å². The van der Waals surface area contributed by atoms with E-state index in [1.54, 1.807) is 48.5 Å². The average molecular weight is 439 g/mol. The first-order valence-electron chi connectivity index (χ1n) is 9.81. The number of benzene rings is 3. The first kappa shape index (κ1) is 20.9. The number of nitrogens with zero attached hydrogens (tertiary/aromatic N) is 1. The van der Waals surface area contributed by atoms with Crippen molar-refractivity contribution in [1.29, 1.82) is 0 Å². The number of phenolic OH excluding ortho intramolecular Hbond substituents is 1. The van der Waals surface area contributed by atoms with E-state index < -0.39 is 29.7 Å². The molecule has 0 radical (unpaired) electrons. The minimum absolute atomic E-state index is 0.0284. The summed E-state index contributed by atoms with van der Waals surface area (Å²) in [6.07, 6.45) is 0.774. The molecule has 158 valence electrons. The Balaban J connectivity index is 1.90. The molecule has 0 saturated heterocycles. The normalized spacial score (nSPS) is 15.9. The molecule has 31 heavy (non-hydrogen) atoms. The van der Waals surface area contributed by atoms with E-state index in [-0.39, 0.29) is 16.3 Å². The smallest absolute Gasteiger partial charge is 0.259 e. The summed E-state index contributed by atoms with van der Waals surface area (Å²) in [5, 5.41) is 10.5. The molecule has 5 nitrogen and oxygen atoms in total. The molecule has 0 fully saturated rings. The molecule has 2 amide bonds. The molecule has 0 bridgehead atoms. The number of rotatable bonds is 5. The van der Waals surface area contributed by atoms with Crippen LogP contribution in [0.5, 0.6) is 5.75 Å². The van der Waals surface area contributed by atoms with Crippen molar-refractivity contribution in [2.45, 2.75) is 24.9 Å². The highest BCUT2D eigenvalue weighted by Crippen LogP contribution is 2.43. The van der Waals surface area contributed by atoms with E-state index in [0.717, 1.165) is 0 Å².